The Kier molecular flexibility index (Phi) is 9.92. The first-order valence-electron chi connectivity index (χ1n) is 10.4. The molecule has 28 heavy (non-hydrogen) atoms. The summed E-state index contributed by atoms with van der Waals surface area (Å²) in [5, 5.41) is 9.28. The van der Waals surface area contributed by atoms with E-state index in [-0.39, 0.29) is 11.5 Å². The number of carbonyl (C=O) groups is 1. The molecule has 0 aliphatic heterocycles. The van der Waals surface area contributed by atoms with E-state index in [4.69, 9.17) is 4.74 Å². The van der Waals surface area contributed by atoms with Crippen LogP contribution in [0.3, 0.4) is 0 Å². The SMILES string of the molecule is CCCCCCCCCCOc1ccc(C(=O)/C=C/c2ccc(O)cc2)cc1. The minimum atomic E-state index is -0.0531. The van der Waals surface area contributed by atoms with Crippen molar-refractivity contribution >= 4 is 11.9 Å². The molecule has 2 aromatic carbocycles. The van der Waals surface area contributed by atoms with Crippen LogP contribution in [0.5, 0.6) is 11.5 Å². The zero-order valence-electron chi connectivity index (χ0n) is 16.9. The number of ketones is 1. The van der Waals surface area contributed by atoms with Gasteiger partial charge in [-0.05, 0) is 54.5 Å². The molecule has 1 N–H and O–H groups in total. The van der Waals surface area contributed by atoms with Crippen molar-refractivity contribution in [2.75, 3.05) is 6.61 Å². The molecule has 0 atom stereocenters. The Morgan fingerprint density at radius 3 is 2.11 bits per heavy atom. The Morgan fingerprint density at radius 1 is 0.857 bits per heavy atom. The number of hydrogen-bond donors (Lipinski definition) is 1. The van der Waals surface area contributed by atoms with Crippen LogP contribution >= 0.6 is 0 Å². The summed E-state index contributed by atoms with van der Waals surface area (Å²) in [6.07, 6.45) is 13.6. The van der Waals surface area contributed by atoms with Crippen molar-refractivity contribution in [3.05, 3.63) is 65.7 Å². The van der Waals surface area contributed by atoms with Crippen molar-refractivity contribution in [1.82, 2.24) is 0 Å². The lowest BCUT2D eigenvalue weighted by Crippen LogP contribution is -1.99. The van der Waals surface area contributed by atoms with Gasteiger partial charge < -0.3 is 9.84 Å². The number of allylic oxidation sites excluding steroid dienone is 1. The summed E-state index contributed by atoms with van der Waals surface area (Å²) in [6.45, 7) is 2.97. The van der Waals surface area contributed by atoms with Gasteiger partial charge in [0.05, 0.1) is 6.61 Å². The number of phenolic OH excluding ortho intramolecular Hbond substituents is 1. The van der Waals surface area contributed by atoms with Crippen molar-refractivity contribution in [3.63, 3.8) is 0 Å². The first kappa shape index (κ1) is 21.7. The van der Waals surface area contributed by atoms with Crippen LogP contribution < -0.4 is 4.74 Å². The van der Waals surface area contributed by atoms with E-state index in [1.165, 1.54) is 44.9 Å². The highest BCUT2D eigenvalue weighted by Gasteiger charge is 2.02. The average Bonchev–Trinajstić information content (AvgIpc) is 2.72. The number of benzene rings is 2. The molecule has 0 saturated heterocycles. The van der Waals surface area contributed by atoms with Gasteiger partial charge in [0.1, 0.15) is 11.5 Å². The van der Waals surface area contributed by atoms with Gasteiger partial charge in [0.25, 0.3) is 0 Å². The number of carbonyl (C=O) groups excluding carboxylic acids is 1. The highest BCUT2D eigenvalue weighted by molar-refractivity contribution is 6.06. The molecule has 0 aromatic heterocycles. The molecule has 0 amide bonds. The molecule has 150 valence electrons. The predicted octanol–water partition coefficient (Wildman–Crippen LogP) is 6.81. The van der Waals surface area contributed by atoms with Crippen molar-refractivity contribution in [2.45, 2.75) is 58.3 Å². The van der Waals surface area contributed by atoms with E-state index in [0.29, 0.717) is 5.56 Å². The second kappa shape index (κ2) is 12.8. The molecule has 3 heteroatoms. The maximum Gasteiger partial charge on any atom is 0.185 e. The van der Waals surface area contributed by atoms with E-state index in [9.17, 15) is 9.90 Å². The zero-order valence-corrected chi connectivity index (χ0v) is 16.9. The fourth-order valence-electron chi connectivity index (χ4n) is 2.99. The Hall–Kier alpha value is -2.55. The maximum absolute atomic E-state index is 12.2. The molecule has 0 saturated carbocycles. The standard InChI is InChI=1S/C25H32O3/c1-2-3-4-5-6-7-8-9-20-28-24-17-13-22(14-18-24)25(27)19-12-21-10-15-23(26)16-11-21/h10-19,26H,2-9,20H2,1H3/b19-12+. The lowest BCUT2D eigenvalue weighted by atomic mass is 10.1. The molecule has 0 unspecified atom stereocenters. The van der Waals surface area contributed by atoms with Crippen LogP contribution in [0.2, 0.25) is 0 Å². The molecule has 0 aliphatic rings. The fourth-order valence-corrected chi connectivity index (χ4v) is 2.99. The summed E-state index contributed by atoms with van der Waals surface area (Å²) < 4.78 is 5.77. The monoisotopic (exact) mass is 380 g/mol. The third-order valence-electron chi connectivity index (χ3n) is 4.73. The van der Waals surface area contributed by atoms with Gasteiger partial charge >= 0.3 is 0 Å². The first-order chi connectivity index (χ1) is 13.7. The highest BCUT2D eigenvalue weighted by atomic mass is 16.5. The molecule has 2 aromatic rings. The number of aromatic hydroxyl groups is 1. The Balaban J connectivity index is 1.66. The molecule has 0 spiro atoms. The van der Waals surface area contributed by atoms with E-state index in [0.717, 1.165) is 24.3 Å². The number of phenols is 1. The van der Waals surface area contributed by atoms with Gasteiger partial charge in [-0.2, -0.15) is 0 Å². The van der Waals surface area contributed by atoms with Crippen molar-refractivity contribution in [2.24, 2.45) is 0 Å². The molecule has 3 nitrogen and oxygen atoms in total. The highest BCUT2D eigenvalue weighted by Crippen LogP contribution is 2.15. The Bertz CT molecular complexity index is 714. The molecule has 0 radical (unpaired) electrons. The Labute approximate surface area is 169 Å². The second-order valence-electron chi connectivity index (χ2n) is 7.14. The smallest absolute Gasteiger partial charge is 0.185 e. The van der Waals surface area contributed by atoms with Crippen LogP contribution in [0, 0.1) is 0 Å². The van der Waals surface area contributed by atoms with Crippen molar-refractivity contribution < 1.29 is 14.6 Å². The topological polar surface area (TPSA) is 46.5 Å². The number of rotatable bonds is 13. The van der Waals surface area contributed by atoms with Gasteiger partial charge in [0.2, 0.25) is 0 Å². The molecule has 0 heterocycles. The molecular formula is C25H32O3. The first-order valence-corrected chi connectivity index (χ1v) is 10.4. The largest absolute Gasteiger partial charge is 0.508 e. The summed E-state index contributed by atoms with van der Waals surface area (Å²) in [5.41, 5.74) is 1.51. The van der Waals surface area contributed by atoms with E-state index in [1.54, 1.807) is 48.6 Å². The van der Waals surface area contributed by atoms with Crippen LogP contribution in [-0.4, -0.2) is 17.5 Å². The lowest BCUT2D eigenvalue weighted by Gasteiger charge is -2.07. The summed E-state index contributed by atoms with van der Waals surface area (Å²) >= 11 is 0. The maximum atomic E-state index is 12.2. The molecular weight excluding hydrogens is 348 g/mol. The number of hydrogen-bond acceptors (Lipinski definition) is 3. The predicted molar refractivity (Wildman–Crippen MR) is 116 cm³/mol. The van der Waals surface area contributed by atoms with Crippen LogP contribution in [-0.2, 0) is 0 Å². The second-order valence-corrected chi connectivity index (χ2v) is 7.14. The van der Waals surface area contributed by atoms with Crippen LogP contribution in [0.15, 0.2) is 54.6 Å². The average molecular weight is 381 g/mol. The van der Waals surface area contributed by atoms with E-state index >= 15 is 0 Å². The minimum Gasteiger partial charge on any atom is -0.508 e. The fraction of sp³-hybridized carbons (Fsp3) is 0.400. The summed E-state index contributed by atoms with van der Waals surface area (Å²) in [4.78, 5) is 12.2. The van der Waals surface area contributed by atoms with Gasteiger partial charge in [-0.3, -0.25) is 4.79 Å². The Morgan fingerprint density at radius 2 is 1.46 bits per heavy atom. The zero-order chi connectivity index (χ0) is 20.0. The van der Waals surface area contributed by atoms with E-state index in [2.05, 4.69) is 6.92 Å². The third kappa shape index (κ3) is 8.43. The van der Waals surface area contributed by atoms with E-state index in [1.807, 2.05) is 12.1 Å². The van der Waals surface area contributed by atoms with Gasteiger partial charge in [0, 0.05) is 5.56 Å². The van der Waals surface area contributed by atoms with Crippen molar-refractivity contribution in [1.29, 1.82) is 0 Å². The van der Waals surface area contributed by atoms with Gasteiger partial charge in [-0.15, -0.1) is 0 Å². The molecule has 0 fully saturated rings. The van der Waals surface area contributed by atoms with Crippen LogP contribution in [0.4, 0.5) is 0 Å². The van der Waals surface area contributed by atoms with Gasteiger partial charge in [-0.25, -0.2) is 0 Å². The van der Waals surface area contributed by atoms with Crippen molar-refractivity contribution in [3.8, 4) is 11.5 Å². The van der Waals surface area contributed by atoms with Gasteiger partial charge in [0.15, 0.2) is 5.78 Å². The third-order valence-corrected chi connectivity index (χ3v) is 4.73. The summed E-state index contributed by atoms with van der Waals surface area (Å²) in [5.74, 6) is 0.968. The number of ether oxygens (including phenoxy) is 1. The minimum absolute atomic E-state index is 0.0531. The summed E-state index contributed by atoms with van der Waals surface area (Å²) in [7, 11) is 0. The summed E-state index contributed by atoms with van der Waals surface area (Å²) in [6, 6.07) is 14.0. The van der Waals surface area contributed by atoms with E-state index < -0.39 is 0 Å². The normalized spacial score (nSPS) is 11.0. The molecule has 0 aliphatic carbocycles. The lowest BCUT2D eigenvalue weighted by molar-refractivity contribution is 0.104. The molecule has 2 rings (SSSR count). The quantitative estimate of drug-likeness (QED) is 0.236. The van der Waals surface area contributed by atoms with Crippen LogP contribution in [0.1, 0.15) is 74.2 Å². The van der Waals surface area contributed by atoms with Crippen LogP contribution in [0.25, 0.3) is 6.08 Å². The number of unbranched alkanes of at least 4 members (excludes halogenated alkanes) is 7. The van der Waals surface area contributed by atoms with Gasteiger partial charge in [-0.1, -0.05) is 70.1 Å². The molecule has 0 bridgehead atoms.